The molecular formula is C24H26F3N5OS2. The van der Waals surface area contributed by atoms with E-state index in [9.17, 15) is 18.0 Å². The molecule has 186 valence electrons. The van der Waals surface area contributed by atoms with Gasteiger partial charge in [0, 0.05) is 45.0 Å². The Hall–Kier alpha value is -2.53. The molecule has 1 aromatic carbocycles. The number of amides is 1. The lowest BCUT2D eigenvalue weighted by atomic mass is 10.1. The average Bonchev–Trinajstić information content (AvgIpc) is 3.32. The molecule has 2 saturated heterocycles. The number of alkyl halides is 3. The number of anilines is 2. The number of carbonyl (C=O) groups excluding carboxylic acids is 1. The molecule has 0 spiro atoms. The number of nitrogens with zero attached hydrogens (tertiary/aromatic N) is 5. The fraction of sp³-hybridized carbons (Fsp3) is 0.458. The van der Waals surface area contributed by atoms with Gasteiger partial charge in [-0.15, -0.1) is 11.3 Å². The molecule has 0 radical (unpaired) electrons. The number of hydrogen-bond donors (Lipinski definition) is 0. The van der Waals surface area contributed by atoms with Gasteiger partial charge in [0.05, 0.1) is 15.8 Å². The number of halogens is 3. The van der Waals surface area contributed by atoms with Gasteiger partial charge >= 0.3 is 6.18 Å². The van der Waals surface area contributed by atoms with Crippen LogP contribution in [0.15, 0.2) is 35.5 Å². The normalized spacial score (nSPS) is 17.3. The zero-order valence-corrected chi connectivity index (χ0v) is 21.0. The van der Waals surface area contributed by atoms with Crippen molar-refractivity contribution >= 4 is 50.7 Å². The maximum Gasteiger partial charge on any atom is 0.416 e. The van der Waals surface area contributed by atoms with Crippen LogP contribution >= 0.6 is 23.1 Å². The second-order valence-electron chi connectivity index (χ2n) is 8.74. The summed E-state index contributed by atoms with van der Waals surface area (Å²) in [6.07, 6.45) is 1.06. The summed E-state index contributed by atoms with van der Waals surface area (Å²) in [5.41, 5.74) is -0.131. The molecule has 1 amide bonds. The molecule has 2 aromatic heterocycles. The highest BCUT2D eigenvalue weighted by Gasteiger charge is 2.31. The van der Waals surface area contributed by atoms with Crippen molar-refractivity contribution in [3.8, 4) is 0 Å². The highest BCUT2D eigenvalue weighted by atomic mass is 32.2. The zero-order chi connectivity index (χ0) is 24.6. The molecular weight excluding hydrogens is 495 g/mol. The molecule has 2 aliphatic heterocycles. The van der Waals surface area contributed by atoms with Crippen molar-refractivity contribution in [2.24, 2.45) is 0 Å². The van der Waals surface area contributed by atoms with Crippen LogP contribution in [0.1, 0.15) is 34.5 Å². The summed E-state index contributed by atoms with van der Waals surface area (Å²) in [7, 11) is 0. The summed E-state index contributed by atoms with van der Waals surface area (Å²) in [6.45, 7) is 3.77. The number of benzene rings is 1. The summed E-state index contributed by atoms with van der Waals surface area (Å²) in [5, 5.41) is 1.62. The third-order valence-electron chi connectivity index (χ3n) is 6.51. The van der Waals surface area contributed by atoms with Crippen LogP contribution in [0, 0.1) is 0 Å². The maximum absolute atomic E-state index is 13.3. The Labute approximate surface area is 210 Å². The molecule has 5 rings (SSSR count). The molecule has 2 aliphatic rings. The first-order valence-electron chi connectivity index (χ1n) is 11.7. The third-order valence-corrected chi connectivity index (χ3v) is 8.07. The van der Waals surface area contributed by atoms with Crippen molar-refractivity contribution in [3.63, 3.8) is 0 Å². The third kappa shape index (κ3) is 5.06. The lowest BCUT2D eigenvalue weighted by Crippen LogP contribution is -2.48. The number of rotatable bonds is 4. The van der Waals surface area contributed by atoms with E-state index in [0.717, 1.165) is 48.0 Å². The SMILES string of the molecule is CSc1nc(N2CCCCC2)c2cc(C(=O)N3CCN(c4cccc(C(F)(F)F)c4)CC3)sc2n1. The molecule has 0 unspecified atom stereocenters. The number of aromatic nitrogens is 2. The predicted molar refractivity (Wildman–Crippen MR) is 135 cm³/mol. The number of thiophene rings is 1. The van der Waals surface area contributed by atoms with Crippen LogP contribution in [0.4, 0.5) is 24.7 Å². The van der Waals surface area contributed by atoms with Crippen LogP contribution < -0.4 is 9.80 Å². The van der Waals surface area contributed by atoms with E-state index in [1.165, 1.54) is 41.7 Å². The minimum Gasteiger partial charge on any atom is -0.368 e. The number of carbonyl (C=O) groups is 1. The maximum atomic E-state index is 13.3. The highest BCUT2D eigenvalue weighted by molar-refractivity contribution is 7.98. The number of piperazine rings is 1. The van der Waals surface area contributed by atoms with Crippen LogP contribution in [0.5, 0.6) is 0 Å². The van der Waals surface area contributed by atoms with Crippen LogP contribution in [0.2, 0.25) is 0 Å². The molecule has 0 saturated carbocycles. The van der Waals surface area contributed by atoms with Crippen molar-refractivity contribution in [2.45, 2.75) is 30.6 Å². The largest absolute Gasteiger partial charge is 0.416 e. The molecule has 35 heavy (non-hydrogen) atoms. The van der Waals surface area contributed by atoms with Crippen LogP contribution in [-0.4, -0.2) is 66.3 Å². The van der Waals surface area contributed by atoms with Gasteiger partial charge < -0.3 is 14.7 Å². The van der Waals surface area contributed by atoms with Gasteiger partial charge in [-0.25, -0.2) is 9.97 Å². The number of fused-ring (bicyclic) bond motifs is 1. The van der Waals surface area contributed by atoms with Gasteiger partial charge in [0.1, 0.15) is 10.6 Å². The van der Waals surface area contributed by atoms with Gasteiger partial charge in [-0.3, -0.25) is 4.79 Å². The van der Waals surface area contributed by atoms with E-state index in [1.54, 1.807) is 11.0 Å². The number of thioether (sulfide) groups is 1. The number of piperidine rings is 1. The molecule has 0 bridgehead atoms. The van der Waals surface area contributed by atoms with Crippen LogP contribution in [0.25, 0.3) is 10.2 Å². The van der Waals surface area contributed by atoms with E-state index in [4.69, 9.17) is 4.98 Å². The van der Waals surface area contributed by atoms with Crippen molar-refractivity contribution in [1.82, 2.24) is 14.9 Å². The van der Waals surface area contributed by atoms with E-state index < -0.39 is 11.7 Å². The fourth-order valence-corrected chi connectivity index (χ4v) is 6.05. The first-order valence-corrected chi connectivity index (χ1v) is 13.7. The highest BCUT2D eigenvalue weighted by Crippen LogP contribution is 2.35. The van der Waals surface area contributed by atoms with E-state index in [0.29, 0.717) is 41.9 Å². The van der Waals surface area contributed by atoms with Crippen LogP contribution in [0.3, 0.4) is 0 Å². The molecule has 4 heterocycles. The van der Waals surface area contributed by atoms with Crippen LogP contribution in [-0.2, 0) is 6.18 Å². The molecule has 6 nitrogen and oxygen atoms in total. The van der Waals surface area contributed by atoms with Gasteiger partial charge in [-0.2, -0.15) is 13.2 Å². The summed E-state index contributed by atoms with van der Waals surface area (Å²) in [6, 6.07) is 7.27. The van der Waals surface area contributed by atoms with Gasteiger partial charge in [-0.1, -0.05) is 17.8 Å². The minimum atomic E-state index is -4.37. The fourth-order valence-electron chi connectivity index (χ4n) is 4.63. The predicted octanol–water partition coefficient (Wildman–Crippen LogP) is 5.38. The summed E-state index contributed by atoms with van der Waals surface area (Å²) < 4.78 is 39.3. The van der Waals surface area contributed by atoms with Gasteiger partial charge in [0.15, 0.2) is 5.16 Å². The minimum absolute atomic E-state index is 0.0630. The zero-order valence-electron chi connectivity index (χ0n) is 19.3. The van der Waals surface area contributed by atoms with Gasteiger partial charge in [0.2, 0.25) is 0 Å². The van der Waals surface area contributed by atoms with Gasteiger partial charge in [-0.05, 0) is 49.8 Å². The van der Waals surface area contributed by atoms with Crippen molar-refractivity contribution in [3.05, 3.63) is 40.8 Å². The monoisotopic (exact) mass is 521 g/mol. The Morgan fingerprint density at radius 3 is 2.40 bits per heavy atom. The smallest absolute Gasteiger partial charge is 0.368 e. The standard InChI is InChI=1S/C24H26F3N5OS2/c1-34-23-28-20(31-8-3-2-4-9-31)18-15-19(35-21(18)29-23)22(33)32-12-10-30(11-13-32)17-7-5-6-16(14-17)24(25,26)27/h5-7,14-15H,2-4,8-13H2,1H3. The summed E-state index contributed by atoms with van der Waals surface area (Å²) in [5.74, 6) is 0.843. The lowest BCUT2D eigenvalue weighted by Gasteiger charge is -2.36. The summed E-state index contributed by atoms with van der Waals surface area (Å²) >= 11 is 2.88. The Bertz CT molecular complexity index is 1220. The Morgan fingerprint density at radius 2 is 1.71 bits per heavy atom. The lowest BCUT2D eigenvalue weighted by molar-refractivity contribution is -0.137. The second kappa shape index (κ2) is 9.85. The number of hydrogen-bond acceptors (Lipinski definition) is 7. The molecule has 0 atom stereocenters. The van der Waals surface area contributed by atoms with Crippen molar-refractivity contribution < 1.29 is 18.0 Å². The topological polar surface area (TPSA) is 52.6 Å². The van der Waals surface area contributed by atoms with Gasteiger partial charge in [0.25, 0.3) is 5.91 Å². The second-order valence-corrected chi connectivity index (χ2v) is 10.5. The summed E-state index contributed by atoms with van der Waals surface area (Å²) in [4.78, 5) is 30.2. The average molecular weight is 522 g/mol. The quantitative estimate of drug-likeness (QED) is 0.339. The first-order chi connectivity index (χ1) is 16.8. The molecule has 0 N–H and O–H groups in total. The van der Waals surface area contributed by atoms with E-state index in [-0.39, 0.29) is 5.91 Å². The van der Waals surface area contributed by atoms with E-state index in [1.807, 2.05) is 17.2 Å². The molecule has 3 aromatic rings. The Morgan fingerprint density at radius 1 is 0.971 bits per heavy atom. The van der Waals surface area contributed by atoms with Crippen molar-refractivity contribution in [1.29, 1.82) is 0 Å². The Kier molecular flexibility index (Phi) is 6.80. The first kappa shape index (κ1) is 24.2. The molecule has 2 fully saturated rings. The Balaban J connectivity index is 1.33. The van der Waals surface area contributed by atoms with E-state index in [2.05, 4.69) is 9.88 Å². The van der Waals surface area contributed by atoms with E-state index >= 15 is 0 Å². The van der Waals surface area contributed by atoms with Crippen molar-refractivity contribution in [2.75, 3.05) is 55.3 Å². The molecule has 0 aliphatic carbocycles. The molecule has 11 heteroatoms.